The molecule has 0 aromatic rings. The molecule has 106 valence electrons. The van der Waals surface area contributed by atoms with E-state index in [2.05, 4.69) is 15.0 Å². The van der Waals surface area contributed by atoms with Gasteiger partial charge < -0.3 is 10.1 Å². The Morgan fingerprint density at radius 2 is 2.22 bits per heavy atom. The highest BCUT2D eigenvalue weighted by Gasteiger charge is 2.28. The second-order valence-electron chi connectivity index (χ2n) is 4.65. The van der Waals surface area contributed by atoms with Crippen LogP contribution >= 0.6 is 0 Å². The van der Waals surface area contributed by atoms with Gasteiger partial charge in [-0.05, 0) is 20.4 Å². The van der Waals surface area contributed by atoms with Crippen LogP contribution in [0.5, 0.6) is 0 Å². The molecule has 1 fully saturated rings. The Bertz CT molecular complexity index is 383. The molecule has 6 nitrogen and oxygen atoms in total. The number of carbonyl (C=O) groups excluding carboxylic acids is 1. The minimum absolute atomic E-state index is 0.0129. The van der Waals surface area contributed by atoms with Crippen molar-refractivity contribution in [2.45, 2.75) is 25.4 Å². The van der Waals surface area contributed by atoms with Gasteiger partial charge in [0, 0.05) is 19.1 Å². The fourth-order valence-electron chi connectivity index (χ4n) is 2.18. The lowest BCUT2D eigenvalue weighted by atomic mass is 10.2. The van der Waals surface area contributed by atoms with Crippen LogP contribution in [0.3, 0.4) is 0 Å². The summed E-state index contributed by atoms with van der Waals surface area (Å²) in [5.41, 5.74) is 0. The molecule has 0 aromatic heterocycles. The van der Waals surface area contributed by atoms with Gasteiger partial charge in [-0.2, -0.15) is 0 Å². The number of esters is 1. The van der Waals surface area contributed by atoms with Gasteiger partial charge >= 0.3 is 5.97 Å². The molecule has 7 heteroatoms. The fraction of sp³-hybridized carbons (Fsp3) is 0.909. The Balaban J connectivity index is 2.46. The van der Waals surface area contributed by atoms with E-state index >= 15 is 0 Å². The zero-order chi connectivity index (χ0) is 13.8. The first kappa shape index (κ1) is 15.4. The SMILES string of the molecule is CNC(CCN1CCS(=O)(=O)CC1C)C(=O)OC. The number of hydrogen-bond donors (Lipinski definition) is 1. The first-order valence-electron chi connectivity index (χ1n) is 6.09. The maximum atomic E-state index is 11.4. The van der Waals surface area contributed by atoms with Crippen molar-refractivity contribution in [3.8, 4) is 0 Å². The summed E-state index contributed by atoms with van der Waals surface area (Å²) in [5.74, 6) is 0.129. The molecule has 1 aliphatic rings. The highest BCUT2D eigenvalue weighted by atomic mass is 32.2. The van der Waals surface area contributed by atoms with Crippen LogP contribution < -0.4 is 5.32 Å². The molecule has 18 heavy (non-hydrogen) atoms. The van der Waals surface area contributed by atoms with Crippen molar-refractivity contribution in [1.82, 2.24) is 10.2 Å². The molecule has 0 radical (unpaired) electrons. The molecule has 0 saturated carbocycles. The summed E-state index contributed by atoms with van der Waals surface area (Å²) in [7, 11) is 0.199. The van der Waals surface area contributed by atoms with E-state index in [0.29, 0.717) is 19.5 Å². The summed E-state index contributed by atoms with van der Waals surface area (Å²) in [6.07, 6.45) is 0.619. The van der Waals surface area contributed by atoms with Crippen molar-refractivity contribution in [2.75, 3.05) is 38.8 Å². The zero-order valence-electron chi connectivity index (χ0n) is 11.2. The molecule has 1 heterocycles. The van der Waals surface area contributed by atoms with Crippen LogP contribution in [0.15, 0.2) is 0 Å². The number of likely N-dealkylation sites (N-methyl/N-ethyl adjacent to an activating group) is 1. The molecule has 0 spiro atoms. The molecular weight excluding hydrogens is 256 g/mol. The van der Waals surface area contributed by atoms with Crippen LogP contribution in [0.2, 0.25) is 0 Å². The van der Waals surface area contributed by atoms with Gasteiger partial charge in [0.1, 0.15) is 6.04 Å². The molecule has 2 unspecified atom stereocenters. The lowest BCUT2D eigenvalue weighted by Crippen LogP contribution is -2.48. The van der Waals surface area contributed by atoms with Crippen molar-refractivity contribution >= 4 is 15.8 Å². The zero-order valence-corrected chi connectivity index (χ0v) is 12.0. The average molecular weight is 278 g/mol. The Morgan fingerprint density at radius 1 is 1.56 bits per heavy atom. The number of nitrogens with zero attached hydrogens (tertiary/aromatic N) is 1. The molecule has 1 saturated heterocycles. The molecule has 1 aliphatic heterocycles. The monoisotopic (exact) mass is 278 g/mol. The van der Waals surface area contributed by atoms with Crippen LogP contribution in [-0.4, -0.2) is 70.1 Å². The molecule has 0 amide bonds. The number of rotatable bonds is 5. The van der Waals surface area contributed by atoms with E-state index in [9.17, 15) is 13.2 Å². The number of sulfone groups is 1. The first-order valence-corrected chi connectivity index (χ1v) is 7.91. The third-order valence-electron chi connectivity index (χ3n) is 3.35. The topological polar surface area (TPSA) is 75.7 Å². The first-order chi connectivity index (χ1) is 8.39. The van der Waals surface area contributed by atoms with Crippen molar-refractivity contribution in [3.05, 3.63) is 0 Å². The summed E-state index contributed by atoms with van der Waals surface area (Å²) < 4.78 is 27.6. The van der Waals surface area contributed by atoms with Crippen LogP contribution in [0, 0.1) is 0 Å². The van der Waals surface area contributed by atoms with E-state index in [0.717, 1.165) is 0 Å². The minimum atomic E-state index is -2.88. The van der Waals surface area contributed by atoms with Crippen molar-refractivity contribution in [2.24, 2.45) is 0 Å². The number of nitrogens with one attached hydrogen (secondary N) is 1. The molecule has 1 N–H and O–H groups in total. The summed E-state index contributed by atoms with van der Waals surface area (Å²) in [6.45, 7) is 3.14. The number of hydrogen-bond acceptors (Lipinski definition) is 6. The molecule has 1 rings (SSSR count). The van der Waals surface area contributed by atoms with Gasteiger partial charge in [-0.3, -0.25) is 9.69 Å². The number of carbonyl (C=O) groups is 1. The third-order valence-corrected chi connectivity index (χ3v) is 5.14. The highest BCUT2D eigenvalue weighted by Crippen LogP contribution is 2.12. The maximum Gasteiger partial charge on any atom is 0.322 e. The summed E-state index contributed by atoms with van der Waals surface area (Å²) in [4.78, 5) is 13.5. The maximum absolute atomic E-state index is 11.4. The molecular formula is C11H22N2O4S. The fourth-order valence-corrected chi connectivity index (χ4v) is 3.81. The van der Waals surface area contributed by atoms with Gasteiger partial charge in [0.05, 0.1) is 18.6 Å². The Kier molecular flexibility index (Phi) is 5.55. The molecule has 2 atom stereocenters. The van der Waals surface area contributed by atoms with Gasteiger partial charge in [0.15, 0.2) is 9.84 Å². The quantitative estimate of drug-likeness (QED) is 0.667. The Labute approximate surface area is 109 Å². The van der Waals surface area contributed by atoms with E-state index in [1.165, 1.54) is 7.11 Å². The predicted octanol–water partition coefficient (Wildman–Crippen LogP) is -0.744. The second kappa shape index (κ2) is 6.49. The lowest BCUT2D eigenvalue weighted by Gasteiger charge is -2.33. The standard InChI is InChI=1S/C11H22N2O4S/c1-9-8-18(15,16)7-6-13(9)5-4-10(12-2)11(14)17-3/h9-10,12H,4-8H2,1-3H3. The van der Waals surface area contributed by atoms with Crippen LogP contribution in [-0.2, 0) is 19.4 Å². The van der Waals surface area contributed by atoms with E-state index < -0.39 is 9.84 Å². The van der Waals surface area contributed by atoms with Crippen molar-refractivity contribution in [3.63, 3.8) is 0 Å². The largest absolute Gasteiger partial charge is 0.468 e. The minimum Gasteiger partial charge on any atom is -0.468 e. The molecule has 0 aromatic carbocycles. The van der Waals surface area contributed by atoms with Gasteiger partial charge in [-0.1, -0.05) is 0 Å². The van der Waals surface area contributed by atoms with Gasteiger partial charge in [-0.25, -0.2) is 8.42 Å². The second-order valence-corrected chi connectivity index (χ2v) is 6.88. The normalized spacial score (nSPS) is 25.6. The van der Waals surface area contributed by atoms with Crippen LogP contribution in [0.1, 0.15) is 13.3 Å². The Hall–Kier alpha value is -0.660. The molecule has 0 aliphatic carbocycles. The van der Waals surface area contributed by atoms with Crippen LogP contribution in [0.25, 0.3) is 0 Å². The van der Waals surface area contributed by atoms with E-state index in [1.54, 1.807) is 7.05 Å². The van der Waals surface area contributed by atoms with E-state index in [-0.39, 0.29) is 29.6 Å². The van der Waals surface area contributed by atoms with Gasteiger partial charge in [0.2, 0.25) is 0 Å². The summed E-state index contributed by atoms with van der Waals surface area (Å²) in [6, 6.07) is -0.320. The third kappa shape index (κ3) is 4.22. The van der Waals surface area contributed by atoms with Crippen LogP contribution in [0.4, 0.5) is 0 Å². The van der Waals surface area contributed by atoms with Crippen molar-refractivity contribution in [1.29, 1.82) is 0 Å². The number of methoxy groups -OCH3 is 1. The van der Waals surface area contributed by atoms with E-state index in [1.807, 2.05) is 6.92 Å². The summed E-state index contributed by atoms with van der Waals surface area (Å²) in [5, 5.41) is 2.90. The average Bonchev–Trinajstić information content (AvgIpc) is 2.31. The van der Waals surface area contributed by atoms with Gasteiger partial charge in [0.25, 0.3) is 0 Å². The highest BCUT2D eigenvalue weighted by molar-refractivity contribution is 7.91. The smallest absolute Gasteiger partial charge is 0.322 e. The Morgan fingerprint density at radius 3 is 2.72 bits per heavy atom. The summed E-state index contributed by atoms with van der Waals surface area (Å²) >= 11 is 0. The molecule has 0 bridgehead atoms. The predicted molar refractivity (Wildman–Crippen MR) is 69.2 cm³/mol. The van der Waals surface area contributed by atoms with Gasteiger partial charge in [-0.15, -0.1) is 0 Å². The van der Waals surface area contributed by atoms with E-state index in [4.69, 9.17) is 0 Å². The van der Waals surface area contributed by atoms with Crippen molar-refractivity contribution < 1.29 is 17.9 Å². The number of ether oxygens (including phenoxy) is 1. The lowest BCUT2D eigenvalue weighted by molar-refractivity contribution is -0.143.